The van der Waals surface area contributed by atoms with Gasteiger partial charge in [-0.3, -0.25) is 14.5 Å². The SMILES string of the molecule is CN1CCN(Cc2ccc(NC(=O)C3CCCN3C(=O)c3ccccc3OC(F)F)cc2)CC1. The van der Waals surface area contributed by atoms with Crippen molar-refractivity contribution in [2.45, 2.75) is 32.0 Å². The van der Waals surface area contributed by atoms with Gasteiger partial charge in [-0.25, -0.2) is 0 Å². The highest BCUT2D eigenvalue weighted by Crippen LogP contribution is 2.27. The Bertz CT molecular complexity index is 994. The molecule has 7 nitrogen and oxygen atoms in total. The van der Waals surface area contributed by atoms with Crippen LogP contribution < -0.4 is 10.1 Å². The first kappa shape index (κ1) is 24.1. The molecule has 2 saturated heterocycles. The highest BCUT2D eigenvalue weighted by molar-refractivity contribution is 6.02. The first-order chi connectivity index (χ1) is 16.4. The molecule has 2 aromatic carbocycles. The Kier molecular flexibility index (Phi) is 7.74. The van der Waals surface area contributed by atoms with Crippen LogP contribution in [0.15, 0.2) is 48.5 Å². The minimum Gasteiger partial charge on any atom is -0.434 e. The number of halogens is 2. The van der Waals surface area contributed by atoms with Gasteiger partial charge in [0.05, 0.1) is 5.56 Å². The van der Waals surface area contributed by atoms with Crippen molar-refractivity contribution in [3.63, 3.8) is 0 Å². The van der Waals surface area contributed by atoms with Gasteiger partial charge in [0.15, 0.2) is 0 Å². The predicted molar refractivity (Wildman–Crippen MR) is 125 cm³/mol. The first-order valence-electron chi connectivity index (χ1n) is 11.6. The number of likely N-dealkylation sites (tertiary alicyclic amines) is 1. The molecule has 0 aliphatic carbocycles. The number of carbonyl (C=O) groups excluding carboxylic acids is 2. The number of hydrogen-bond donors (Lipinski definition) is 1. The van der Waals surface area contributed by atoms with Gasteiger partial charge in [0, 0.05) is 45.0 Å². The third-order valence-corrected chi connectivity index (χ3v) is 6.37. The van der Waals surface area contributed by atoms with E-state index in [1.807, 2.05) is 24.3 Å². The fourth-order valence-electron chi connectivity index (χ4n) is 4.46. The van der Waals surface area contributed by atoms with E-state index < -0.39 is 18.6 Å². The molecule has 182 valence electrons. The lowest BCUT2D eigenvalue weighted by Gasteiger charge is -2.32. The summed E-state index contributed by atoms with van der Waals surface area (Å²) in [5.74, 6) is -0.967. The third kappa shape index (κ3) is 5.90. The van der Waals surface area contributed by atoms with Gasteiger partial charge in [-0.15, -0.1) is 0 Å². The molecule has 0 aromatic heterocycles. The smallest absolute Gasteiger partial charge is 0.387 e. The van der Waals surface area contributed by atoms with Crippen molar-refractivity contribution < 1.29 is 23.1 Å². The summed E-state index contributed by atoms with van der Waals surface area (Å²) >= 11 is 0. The molecule has 1 unspecified atom stereocenters. The molecule has 2 aliphatic rings. The number of carbonyl (C=O) groups is 2. The highest BCUT2D eigenvalue weighted by Gasteiger charge is 2.35. The van der Waals surface area contributed by atoms with Crippen LogP contribution in [-0.4, -0.2) is 78.9 Å². The van der Waals surface area contributed by atoms with Gasteiger partial charge in [0.2, 0.25) is 5.91 Å². The molecule has 9 heteroatoms. The maximum absolute atomic E-state index is 13.1. The summed E-state index contributed by atoms with van der Waals surface area (Å²) in [5, 5.41) is 2.90. The lowest BCUT2D eigenvalue weighted by Crippen LogP contribution is -2.43. The predicted octanol–water partition coefficient (Wildman–Crippen LogP) is 3.28. The molecule has 2 aliphatic heterocycles. The number of likely N-dealkylation sites (N-methyl/N-ethyl adjacent to an activating group) is 1. The molecule has 34 heavy (non-hydrogen) atoms. The lowest BCUT2D eigenvalue weighted by molar-refractivity contribution is -0.119. The zero-order chi connectivity index (χ0) is 24.1. The Morgan fingerprint density at radius 2 is 1.74 bits per heavy atom. The van der Waals surface area contributed by atoms with Gasteiger partial charge in [-0.2, -0.15) is 8.78 Å². The van der Waals surface area contributed by atoms with E-state index in [0.717, 1.165) is 32.7 Å². The van der Waals surface area contributed by atoms with Gasteiger partial charge >= 0.3 is 6.61 Å². The number of nitrogens with one attached hydrogen (secondary N) is 1. The highest BCUT2D eigenvalue weighted by atomic mass is 19.3. The van der Waals surface area contributed by atoms with Crippen LogP contribution in [0.1, 0.15) is 28.8 Å². The summed E-state index contributed by atoms with van der Waals surface area (Å²) in [6.07, 6.45) is 1.17. The maximum atomic E-state index is 13.1. The van der Waals surface area contributed by atoms with E-state index in [4.69, 9.17) is 0 Å². The topological polar surface area (TPSA) is 65.1 Å². The molecule has 2 fully saturated rings. The standard InChI is InChI=1S/C25H30F2N4O3/c1-29-13-15-30(16-14-29)17-18-8-10-19(11-9-18)28-23(32)21-6-4-12-31(21)24(33)20-5-2-3-7-22(20)34-25(26)27/h2-3,5,7-11,21,25H,4,6,12-17H2,1H3,(H,28,32). The van der Waals surface area contributed by atoms with E-state index in [1.54, 1.807) is 6.07 Å². The zero-order valence-electron chi connectivity index (χ0n) is 19.3. The second kappa shape index (κ2) is 10.9. The number of benzene rings is 2. The summed E-state index contributed by atoms with van der Waals surface area (Å²) in [5.41, 5.74) is 1.86. The van der Waals surface area contributed by atoms with Crippen molar-refractivity contribution in [3.05, 3.63) is 59.7 Å². The Labute approximate surface area is 198 Å². The molecule has 0 saturated carbocycles. The fraction of sp³-hybridized carbons (Fsp3) is 0.440. The second-order valence-corrected chi connectivity index (χ2v) is 8.80. The fourth-order valence-corrected chi connectivity index (χ4v) is 4.46. The molecule has 0 radical (unpaired) electrons. The molecule has 1 N–H and O–H groups in total. The van der Waals surface area contributed by atoms with Gasteiger partial charge < -0.3 is 19.9 Å². The van der Waals surface area contributed by atoms with E-state index in [1.165, 1.54) is 28.7 Å². The summed E-state index contributed by atoms with van der Waals surface area (Å²) in [6.45, 7) is 2.40. The van der Waals surface area contributed by atoms with Crippen LogP contribution in [-0.2, 0) is 11.3 Å². The Morgan fingerprint density at radius 3 is 2.44 bits per heavy atom. The molecule has 0 spiro atoms. The number of rotatable bonds is 7. The molecular weight excluding hydrogens is 442 g/mol. The van der Waals surface area contributed by atoms with Crippen molar-refractivity contribution in [1.29, 1.82) is 0 Å². The van der Waals surface area contributed by atoms with E-state index in [9.17, 15) is 18.4 Å². The zero-order valence-corrected chi connectivity index (χ0v) is 19.3. The summed E-state index contributed by atoms with van der Waals surface area (Å²) in [7, 11) is 2.13. The average Bonchev–Trinajstić information content (AvgIpc) is 3.32. The number of anilines is 1. The van der Waals surface area contributed by atoms with Crippen LogP contribution in [0.2, 0.25) is 0 Å². The van der Waals surface area contributed by atoms with E-state index in [-0.39, 0.29) is 17.2 Å². The van der Waals surface area contributed by atoms with E-state index in [0.29, 0.717) is 25.1 Å². The lowest BCUT2D eigenvalue weighted by atomic mass is 10.1. The van der Waals surface area contributed by atoms with Gasteiger partial charge in [-0.1, -0.05) is 24.3 Å². The number of nitrogens with zero attached hydrogens (tertiary/aromatic N) is 3. The minimum absolute atomic E-state index is 0.0239. The largest absolute Gasteiger partial charge is 0.434 e. The molecule has 2 aromatic rings. The van der Waals surface area contributed by atoms with Crippen LogP contribution >= 0.6 is 0 Å². The number of hydrogen-bond acceptors (Lipinski definition) is 5. The Morgan fingerprint density at radius 1 is 1.03 bits per heavy atom. The average molecular weight is 473 g/mol. The maximum Gasteiger partial charge on any atom is 0.387 e. The van der Waals surface area contributed by atoms with E-state index in [2.05, 4.69) is 26.9 Å². The molecule has 2 heterocycles. The van der Waals surface area contributed by atoms with Crippen LogP contribution in [0.4, 0.5) is 14.5 Å². The monoisotopic (exact) mass is 472 g/mol. The minimum atomic E-state index is -3.04. The van der Waals surface area contributed by atoms with Crippen molar-refractivity contribution in [2.24, 2.45) is 0 Å². The van der Waals surface area contributed by atoms with E-state index >= 15 is 0 Å². The van der Waals surface area contributed by atoms with Gasteiger partial charge in [-0.05, 0) is 49.7 Å². The van der Waals surface area contributed by atoms with Crippen LogP contribution in [0.5, 0.6) is 5.75 Å². The molecule has 0 bridgehead atoms. The number of para-hydroxylation sites is 1. The molecular formula is C25H30F2N4O3. The number of alkyl halides is 2. The van der Waals surface area contributed by atoms with Crippen molar-refractivity contribution in [1.82, 2.24) is 14.7 Å². The molecule has 4 rings (SSSR count). The number of amides is 2. The quantitative estimate of drug-likeness (QED) is 0.670. The molecule has 1 atom stereocenters. The summed E-state index contributed by atoms with van der Waals surface area (Å²) in [4.78, 5) is 32.2. The first-order valence-corrected chi connectivity index (χ1v) is 11.6. The van der Waals surface area contributed by atoms with Crippen LogP contribution in [0, 0.1) is 0 Å². The van der Waals surface area contributed by atoms with Crippen LogP contribution in [0.25, 0.3) is 0 Å². The molecule has 2 amide bonds. The normalized spacial score (nSPS) is 19.4. The van der Waals surface area contributed by atoms with Crippen molar-refractivity contribution in [2.75, 3.05) is 45.1 Å². The number of piperazine rings is 1. The van der Waals surface area contributed by atoms with Crippen molar-refractivity contribution in [3.8, 4) is 5.75 Å². The second-order valence-electron chi connectivity index (χ2n) is 8.80. The summed E-state index contributed by atoms with van der Waals surface area (Å²) < 4.78 is 30.0. The Hall–Kier alpha value is -3.04. The Balaban J connectivity index is 1.38. The van der Waals surface area contributed by atoms with Crippen LogP contribution in [0.3, 0.4) is 0 Å². The van der Waals surface area contributed by atoms with Gasteiger partial charge in [0.25, 0.3) is 5.91 Å². The number of ether oxygens (including phenoxy) is 1. The summed E-state index contributed by atoms with van der Waals surface area (Å²) in [6, 6.07) is 13.0. The van der Waals surface area contributed by atoms with Gasteiger partial charge in [0.1, 0.15) is 11.8 Å². The third-order valence-electron chi connectivity index (χ3n) is 6.37. The van der Waals surface area contributed by atoms with Crippen molar-refractivity contribution >= 4 is 17.5 Å².